The molecule has 0 radical (unpaired) electrons. The molecule has 3 nitrogen and oxygen atoms in total. The van der Waals surface area contributed by atoms with Crippen LogP contribution < -0.4 is 4.74 Å². The molecule has 0 N–H and O–H groups in total. The monoisotopic (exact) mass is 454 g/mol. The lowest BCUT2D eigenvalue weighted by atomic mass is 10.1. The Morgan fingerprint density at radius 3 is 2.00 bits per heavy atom. The van der Waals surface area contributed by atoms with Crippen LogP contribution in [-0.2, 0) is 0 Å². The smallest absolute Gasteiger partial charge is 0.146 e. The maximum absolute atomic E-state index is 15.3. The number of hydrogen-bond acceptors (Lipinski definition) is 5. The van der Waals surface area contributed by atoms with Gasteiger partial charge in [0.1, 0.15) is 35.0 Å². The minimum Gasteiger partial charge on any atom is -0.456 e. The third-order valence-electron chi connectivity index (χ3n) is 4.40. The van der Waals surface area contributed by atoms with Crippen LogP contribution in [0, 0.1) is 28.5 Å². The van der Waals surface area contributed by atoms with Crippen molar-refractivity contribution < 1.29 is 9.13 Å². The van der Waals surface area contributed by atoms with Gasteiger partial charge in [-0.15, -0.1) is 0 Å². The summed E-state index contributed by atoms with van der Waals surface area (Å²) in [5.74, 6) is 0.0414. The lowest BCUT2D eigenvalue weighted by Crippen LogP contribution is -1.94. The Kier molecular flexibility index (Phi) is 6.77. The van der Waals surface area contributed by atoms with E-state index in [-0.39, 0.29) is 22.6 Å². The van der Waals surface area contributed by atoms with Crippen LogP contribution >= 0.6 is 23.5 Å². The molecule has 0 fully saturated rings. The number of rotatable bonds is 6. The Balaban J connectivity index is 1.75. The van der Waals surface area contributed by atoms with Gasteiger partial charge in [0, 0.05) is 20.8 Å². The molecular formula is C26H15FN2OS2. The van der Waals surface area contributed by atoms with Gasteiger partial charge in [0.2, 0.25) is 0 Å². The van der Waals surface area contributed by atoms with E-state index in [1.807, 2.05) is 72.8 Å². The SMILES string of the molecule is N#Cc1cccc(Oc2cc(F)c(Sc3ccccc3)c(Sc3ccccc3)c2)c1C#N. The molecule has 0 spiro atoms. The zero-order chi connectivity index (χ0) is 22.3. The van der Waals surface area contributed by atoms with Gasteiger partial charge in [-0.1, -0.05) is 66.0 Å². The van der Waals surface area contributed by atoms with Gasteiger partial charge >= 0.3 is 0 Å². The van der Waals surface area contributed by atoms with Gasteiger partial charge in [-0.05, 0) is 42.5 Å². The highest BCUT2D eigenvalue weighted by atomic mass is 32.2. The Bertz CT molecular complexity index is 1330. The molecule has 0 aromatic heterocycles. The van der Waals surface area contributed by atoms with Crippen LogP contribution in [-0.4, -0.2) is 0 Å². The summed E-state index contributed by atoms with van der Waals surface area (Å²) in [4.78, 5) is 3.06. The second-order valence-corrected chi connectivity index (χ2v) is 8.77. The van der Waals surface area contributed by atoms with E-state index in [4.69, 9.17) is 4.74 Å². The average Bonchev–Trinajstić information content (AvgIpc) is 2.82. The molecule has 0 heterocycles. The second-order valence-electron chi connectivity index (χ2n) is 6.57. The Morgan fingerprint density at radius 1 is 0.719 bits per heavy atom. The number of benzene rings is 4. The molecule has 4 aromatic rings. The summed E-state index contributed by atoms with van der Waals surface area (Å²) in [6.45, 7) is 0. The molecule has 0 saturated carbocycles. The molecular weight excluding hydrogens is 439 g/mol. The molecule has 0 bridgehead atoms. The van der Waals surface area contributed by atoms with Crippen LogP contribution in [0.2, 0.25) is 0 Å². The highest BCUT2D eigenvalue weighted by Gasteiger charge is 2.17. The van der Waals surface area contributed by atoms with Gasteiger partial charge in [-0.2, -0.15) is 10.5 Å². The topological polar surface area (TPSA) is 56.8 Å². The molecule has 4 rings (SSSR count). The first kappa shape index (κ1) is 21.5. The van der Waals surface area contributed by atoms with E-state index in [0.717, 1.165) is 9.79 Å². The van der Waals surface area contributed by atoms with E-state index in [1.54, 1.807) is 24.3 Å². The number of halogens is 1. The number of ether oxygens (including phenoxy) is 1. The lowest BCUT2D eigenvalue weighted by Gasteiger charge is -2.14. The first-order valence-corrected chi connectivity index (χ1v) is 11.2. The van der Waals surface area contributed by atoms with Gasteiger partial charge in [0.25, 0.3) is 0 Å². The number of hydrogen-bond donors (Lipinski definition) is 0. The van der Waals surface area contributed by atoms with Crippen molar-refractivity contribution in [1.82, 2.24) is 0 Å². The molecule has 0 aliphatic heterocycles. The van der Waals surface area contributed by atoms with Crippen molar-refractivity contribution in [2.75, 3.05) is 0 Å². The van der Waals surface area contributed by atoms with Crippen LogP contribution in [0.1, 0.15) is 11.1 Å². The molecule has 0 amide bonds. The standard InChI is InChI=1S/C26H15FN2OS2/c27-23-14-19(30-24-13-7-8-18(16-28)22(24)17-29)15-25(31-20-9-3-1-4-10-20)26(23)32-21-11-5-2-6-12-21/h1-15H. The van der Waals surface area contributed by atoms with Crippen molar-refractivity contribution >= 4 is 23.5 Å². The maximum atomic E-state index is 15.3. The maximum Gasteiger partial charge on any atom is 0.146 e. The van der Waals surface area contributed by atoms with Crippen molar-refractivity contribution in [3.05, 3.63) is 108 Å². The van der Waals surface area contributed by atoms with Crippen molar-refractivity contribution in [3.63, 3.8) is 0 Å². The Hall–Kier alpha value is -3.71. The summed E-state index contributed by atoms with van der Waals surface area (Å²) in [6, 6.07) is 31.1. The quantitative estimate of drug-likeness (QED) is 0.299. The zero-order valence-electron chi connectivity index (χ0n) is 16.7. The van der Waals surface area contributed by atoms with Crippen LogP contribution in [0.15, 0.2) is 111 Å². The van der Waals surface area contributed by atoms with Crippen LogP contribution in [0.25, 0.3) is 0 Å². The molecule has 6 heteroatoms. The average molecular weight is 455 g/mol. The van der Waals surface area contributed by atoms with E-state index in [0.29, 0.717) is 9.79 Å². The predicted octanol–water partition coefficient (Wildman–Crippen LogP) is 7.66. The fourth-order valence-electron chi connectivity index (χ4n) is 2.95. The fraction of sp³-hybridized carbons (Fsp3) is 0. The molecule has 32 heavy (non-hydrogen) atoms. The van der Waals surface area contributed by atoms with Crippen LogP contribution in [0.4, 0.5) is 4.39 Å². The fourth-order valence-corrected chi connectivity index (χ4v) is 4.96. The zero-order valence-corrected chi connectivity index (χ0v) is 18.3. The highest BCUT2D eigenvalue weighted by molar-refractivity contribution is 8.02. The molecule has 0 atom stereocenters. The van der Waals surface area contributed by atoms with E-state index in [9.17, 15) is 10.5 Å². The first-order chi connectivity index (χ1) is 15.7. The summed E-state index contributed by atoms with van der Waals surface area (Å²) in [5, 5.41) is 18.7. The number of nitrogens with zero attached hydrogens (tertiary/aromatic N) is 2. The molecule has 0 aliphatic carbocycles. The molecule has 0 unspecified atom stereocenters. The summed E-state index contributed by atoms with van der Waals surface area (Å²) < 4.78 is 21.2. The van der Waals surface area contributed by atoms with Crippen LogP contribution in [0.5, 0.6) is 11.5 Å². The molecule has 0 saturated heterocycles. The third-order valence-corrected chi connectivity index (χ3v) is 6.71. The Labute approximate surface area is 194 Å². The van der Waals surface area contributed by atoms with Gasteiger partial charge in [0.05, 0.1) is 10.5 Å². The van der Waals surface area contributed by atoms with E-state index in [2.05, 4.69) is 0 Å². The highest BCUT2D eigenvalue weighted by Crippen LogP contribution is 2.43. The normalized spacial score (nSPS) is 10.2. The summed E-state index contributed by atoms with van der Waals surface area (Å²) in [6.07, 6.45) is 0. The third kappa shape index (κ3) is 4.95. The van der Waals surface area contributed by atoms with Crippen molar-refractivity contribution in [2.45, 2.75) is 19.6 Å². The van der Waals surface area contributed by atoms with Crippen molar-refractivity contribution in [3.8, 4) is 23.6 Å². The van der Waals surface area contributed by atoms with Crippen molar-refractivity contribution in [1.29, 1.82) is 10.5 Å². The van der Waals surface area contributed by atoms with Gasteiger partial charge in [-0.3, -0.25) is 0 Å². The van der Waals surface area contributed by atoms with Crippen molar-refractivity contribution in [2.24, 2.45) is 0 Å². The molecule has 154 valence electrons. The van der Waals surface area contributed by atoms with E-state index < -0.39 is 5.82 Å². The van der Waals surface area contributed by atoms with Gasteiger partial charge in [0.15, 0.2) is 0 Å². The largest absolute Gasteiger partial charge is 0.456 e. The van der Waals surface area contributed by atoms with E-state index in [1.165, 1.54) is 29.6 Å². The predicted molar refractivity (Wildman–Crippen MR) is 123 cm³/mol. The summed E-state index contributed by atoms with van der Waals surface area (Å²) in [5.41, 5.74) is 0.330. The summed E-state index contributed by atoms with van der Waals surface area (Å²) in [7, 11) is 0. The second kappa shape index (κ2) is 10.1. The van der Waals surface area contributed by atoms with Crippen LogP contribution in [0.3, 0.4) is 0 Å². The lowest BCUT2D eigenvalue weighted by molar-refractivity contribution is 0.469. The van der Waals surface area contributed by atoms with Gasteiger partial charge in [-0.25, -0.2) is 4.39 Å². The van der Waals surface area contributed by atoms with Gasteiger partial charge < -0.3 is 4.74 Å². The Morgan fingerprint density at radius 2 is 1.38 bits per heavy atom. The minimum absolute atomic E-state index is 0.121. The summed E-state index contributed by atoms with van der Waals surface area (Å²) >= 11 is 2.77. The minimum atomic E-state index is -0.426. The molecule has 0 aliphatic rings. The first-order valence-electron chi connectivity index (χ1n) is 9.58. The molecule has 4 aromatic carbocycles. The number of nitriles is 2. The van der Waals surface area contributed by atoms with E-state index >= 15 is 4.39 Å².